The van der Waals surface area contributed by atoms with Crippen LogP contribution in [0.3, 0.4) is 0 Å². The number of halogens is 2. The van der Waals surface area contributed by atoms with Crippen LogP contribution in [0.2, 0.25) is 10.0 Å². The SMILES string of the molecule is O=c1[nH]c2c(s1)[C@H](c1ccc(-c3cc(Cl)ccc3Cl)o1)[C@H]1[C@@H]3CC[C@H](C3)[C@@H]1S2. The summed E-state index contributed by atoms with van der Waals surface area (Å²) in [5, 5.41) is 2.87. The van der Waals surface area contributed by atoms with Crippen molar-refractivity contribution in [3.8, 4) is 11.3 Å². The van der Waals surface area contributed by atoms with Crippen molar-refractivity contribution < 1.29 is 4.42 Å². The van der Waals surface area contributed by atoms with Gasteiger partial charge < -0.3 is 9.40 Å². The van der Waals surface area contributed by atoms with Gasteiger partial charge in [-0.1, -0.05) is 34.5 Å². The number of nitrogens with one attached hydrogen (secondary N) is 1. The van der Waals surface area contributed by atoms with Gasteiger partial charge in [-0.05, 0) is 67.3 Å². The Hall–Kier alpha value is -1.14. The van der Waals surface area contributed by atoms with Crippen molar-refractivity contribution in [3.63, 3.8) is 0 Å². The van der Waals surface area contributed by atoms with Gasteiger partial charge in [-0.2, -0.15) is 0 Å². The standard InChI is InChI=1S/C21H17Cl2NO2S2/c22-11-3-4-13(23)12(8-11)14-5-6-15(26-14)17-16-9-1-2-10(7-9)18(16)27-20-19(17)28-21(25)24-20/h3-6,8-10,16-18H,1-2,7H2,(H,24,25)/t9-,10-,16-,17-,18+/m1/s1. The number of aromatic amines is 1. The molecule has 6 rings (SSSR count). The number of furan rings is 1. The van der Waals surface area contributed by atoms with Gasteiger partial charge in [0.2, 0.25) is 0 Å². The summed E-state index contributed by atoms with van der Waals surface area (Å²) in [6.45, 7) is 0. The Bertz CT molecular complexity index is 1130. The fourth-order valence-electron chi connectivity index (χ4n) is 5.52. The Labute approximate surface area is 180 Å². The van der Waals surface area contributed by atoms with E-state index in [1.165, 1.54) is 30.6 Å². The van der Waals surface area contributed by atoms with E-state index >= 15 is 0 Å². The first-order chi connectivity index (χ1) is 13.6. The topological polar surface area (TPSA) is 46.0 Å². The minimum Gasteiger partial charge on any atom is -0.460 e. The Kier molecular flexibility index (Phi) is 4.06. The van der Waals surface area contributed by atoms with Gasteiger partial charge in [0.05, 0.1) is 20.8 Å². The highest BCUT2D eigenvalue weighted by molar-refractivity contribution is 8.00. The zero-order valence-electron chi connectivity index (χ0n) is 14.8. The Morgan fingerprint density at radius 2 is 1.96 bits per heavy atom. The Balaban J connectivity index is 1.47. The van der Waals surface area contributed by atoms with Crippen LogP contribution in [0.15, 0.2) is 44.6 Å². The van der Waals surface area contributed by atoms with Crippen LogP contribution in [0.25, 0.3) is 11.3 Å². The molecular weight excluding hydrogens is 433 g/mol. The number of rotatable bonds is 2. The van der Waals surface area contributed by atoms with Gasteiger partial charge in [0, 0.05) is 15.8 Å². The van der Waals surface area contributed by atoms with Crippen LogP contribution in [0.5, 0.6) is 0 Å². The number of thioether (sulfide) groups is 1. The second-order valence-corrected chi connectivity index (χ2v) is 11.1. The number of hydrogen-bond donors (Lipinski definition) is 1. The van der Waals surface area contributed by atoms with Gasteiger partial charge >= 0.3 is 4.87 Å². The lowest BCUT2D eigenvalue weighted by Crippen LogP contribution is -2.33. The average Bonchev–Trinajstić information content (AvgIpc) is 3.44. The normalized spacial score (nSPS) is 30.4. The lowest BCUT2D eigenvalue weighted by molar-refractivity contribution is 0.285. The van der Waals surface area contributed by atoms with Crippen LogP contribution in [0.4, 0.5) is 0 Å². The molecule has 1 aliphatic heterocycles. The summed E-state index contributed by atoms with van der Waals surface area (Å²) >= 11 is 15.8. The first-order valence-corrected chi connectivity index (χ1v) is 12.0. The fourth-order valence-corrected chi connectivity index (χ4v) is 8.78. The monoisotopic (exact) mass is 449 g/mol. The molecule has 1 aromatic carbocycles. The van der Waals surface area contributed by atoms with E-state index < -0.39 is 0 Å². The smallest absolute Gasteiger partial charge is 0.305 e. The lowest BCUT2D eigenvalue weighted by atomic mass is 9.77. The van der Waals surface area contributed by atoms with Crippen LogP contribution in [0, 0.1) is 17.8 Å². The molecule has 7 heteroatoms. The summed E-state index contributed by atoms with van der Waals surface area (Å²) in [5.74, 6) is 3.83. The Morgan fingerprint density at radius 1 is 1.11 bits per heavy atom. The van der Waals surface area contributed by atoms with Crippen molar-refractivity contribution in [1.82, 2.24) is 4.98 Å². The number of benzene rings is 1. The molecule has 2 fully saturated rings. The molecule has 3 nitrogen and oxygen atoms in total. The van der Waals surface area contributed by atoms with E-state index in [0.29, 0.717) is 21.2 Å². The van der Waals surface area contributed by atoms with Gasteiger partial charge in [-0.25, -0.2) is 0 Å². The molecule has 3 aliphatic rings. The average molecular weight is 450 g/mol. The maximum absolute atomic E-state index is 12.1. The van der Waals surface area contributed by atoms with E-state index in [1.807, 2.05) is 23.9 Å². The summed E-state index contributed by atoms with van der Waals surface area (Å²) in [6, 6.07) is 9.44. The van der Waals surface area contributed by atoms with Crippen molar-refractivity contribution in [1.29, 1.82) is 0 Å². The summed E-state index contributed by atoms with van der Waals surface area (Å²) < 4.78 is 6.37. The molecule has 0 radical (unpaired) electrons. The maximum Gasteiger partial charge on any atom is 0.305 e. The first kappa shape index (κ1) is 17.7. The molecule has 3 aromatic rings. The molecular formula is C21H17Cl2NO2S2. The third-order valence-corrected chi connectivity index (χ3v) is 9.78. The minimum absolute atomic E-state index is 0.0273. The van der Waals surface area contributed by atoms with Crippen molar-refractivity contribution in [3.05, 3.63) is 60.7 Å². The Morgan fingerprint density at radius 3 is 2.86 bits per heavy atom. The van der Waals surface area contributed by atoms with Crippen molar-refractivity contribution in [2.75, 3.05) is 0 Å². The number of aromatic nitrogens is 1. The van der Waals surface area contributed by atoms with Gasteiger partial charge in [0.15, 0.2) is 0 Å². The molecule has 0 amide bonds. The molecule has 5 atom stereocenters. The second-order valence-electron chi connectivity index (χ2n) is 8.00. The molecule has 3 heterocycles. The molecule has 2 aliphatic carbocycles. The highest BCUT2D eigenvalue weighted by atomic mass is 35.5. The molecule has 144 valence electrons. The van der Waals surface area contributed by atoms with Crippen molar-refractivity contribution >= 4 is 46.3 Å². The van der Waals surface area contributed by atoms with Crippen LogP contribution in [0.1, 0.15) is 35.8 Å². The number of thiazole rings is 1. The van der Waals surface area contributed by atoms with Gasteiger partial charge in [-0.3, -0.25) is 4.79 Å². The summed E-state index contributed by atoms with van der Waals surface area (Å²) in [5.41, 5.74) is 0.803. The van der Waals surface area contributed by atoms with Crippen LogP contribution in [-0.4, -0.2) is 10.2 Å². The summed E-state index contributed by atoms with van der Waals surface area (Å²) in [6.07, 6.45) is 3.92. The number of fused-ring (bicyclic) bond motifs is 6. The van der Waals surface area contributed by atoms with Gasteiger partial charge in [0.1, 0.15) is 11.5 Å². The molecule has 0 unspecified atom stereocenters. The molecule has 1 N–H and O–H groups in total. The lowest BCUT2D eigenvalue weighted by Gasteiger charge is -2.38. The van der Waals surface area contributed by atoms with E-state index in [0.717, 1.165) is 38.8 Å². The predicted octanol–water partition coefficient (Wildman–Crippen LogP) is 6.66. The third kappa shape index (κ3) is 2.59. The highest BCUT2D eigenvalue weighted by Crippen LogP contribution is 2.63. The first-order valence-electron chi connectivity index (χ1n) is 9.53. The molecule has 2 saturated carbocycles. The molecule has 2 aromatic heterocycles. The van der Waals surface area contributed by atoms with E-state index in [4.69, 9.17) is 27.6 Å². The second kappa shape index (κ2) is 6.43. The minimum atomic E-state index is 0.0273. The summed E-state index contributed by atoms with van der Waals surface area (Å²) in [7, 11) is 0. The maximum atomic E-state index is 12.1. The van der Waals surface area contributed by atoms with E-state index in [9.17, 15) is 4.79 Å². The summed E-state index contributed by atoms with van der Waals surface area (Å²) in [4.78, 5) is 16.4. The zero-order chi connectivity index (χ0) is 19.0. The molecule has 0 spiro atoms. The highest BCUT2D eigenvalue weighted by Gasteiger charge is 2.55. The fraction of sp³-hybridized carbons (Fsp3) is 0.381. The number of hydrogen-bond acceptors (Lipinski definition) is 4. The van der Waals surface area contributed by atoms with Crippen LogP contribution < -0.4 is 4.87 Å². The molecule has 2 bridgehead atoms. The van der Waals surface area contributed by atoms with Crippen molar-refractivity contribution in [2.24, 2.45) is 17.8 Å². The zero-order valence-corrected chi connectivity index (χ0v) is 17.9. The predicted molar refractivity (Wildman–Crippen MR) is 115 cm³/mol. The number of H-pyrrole nitrogens is 1. The van der Waals surface area contributed by atoms with E-state index in [2.05, 4.69) is 11.1 Å². The van der Waals surface area contributed by atoms with E-state index in [1.54, 1.807) is 12.1 Å². The van der Waals surface area contributed by atoms with Crippen LogP contribution >= 0.6 is 46.3 Å². The largest absolute Gasteiger partial charge is 0.460 e. The van der Waals surface area contributed by atoms with Crippen molar-refractivity contribution in [2.45, 2.75) is 35.5 Å². The van der Waals surface area contributed by atoms with Crippen LogP contribution in [-0.2, 0) is 0 Å². The van der Waals surface area contributed by atoms with E-state index in [-0.39, 0.29) is 10.8 Å². The third-order valence-electron chi connectivity index (χ3n) is 6.59. The van der Waals surface area contributed by atoms with Gasteiger partial charge in [-0.15, -0.1) is 11.8 Å². The quantitative estimate of drug-likeness (QED) is 0.475. The molecule has 0 saturated heterocycles. The molecule has 28 heavy (non-hydrogen) atoms. The van der Waals surface area contributed by atoms with Gasteiger partial charge in [0.25, 0.3) is 0 Å².